The van der Waals surface area contributed by atoms with Crippen LogP contribution >= 0.6 is 0 Å². The van der Waals surface area contributed by atoms with Gasteiger partial charge in [-0.2, -0.15) is 0 Å². The van der Waals surface area contributed by atoms with Crippen LogP contribution in [0.1, 0.15) is 32.6 Å². The fraction of sp³-hybridized carbons (Fsp3) is 1.00. The summed E-state index contributed by atoms with van der Waals surface area (Å²) in [5, 5.41) is 9.39. The second-order valence-electron chi connectivity index (χ2n) is 4.44. The highest BCUT2D eigenvalue weighted by atomic mass is 16.5. The topological polar surface area (TPSA) is 57.2 Å². The van der Waals surface area contributed by atoms with Crippen molar-refractivity contribution in [2.75, 3.05) is 53.4 Å². The van der Waals surface area contributed by atoms with Gasteiger partial charge in [0.15, 0.2) is 0 Å². The Morgan fingerprint density at radius 2 is 1.37 bits per heavy atom. The highest BCUT2D eigenvalue weighted by Gasteiger charge is 2.02. The third-order valence-corrected chi connectivity index (χ3v) is 2.57. The Hall–Kier alpha value is -0.200. The van der Waals surface area contributed by atoms with Gasteiger partial charge in [0.1, 0.15) is 0 Å². The molecule has 0 aromatic carbocycles. The highest BCUT2D eigenvalue weighted by Crippen LogP contribution is 1.97. The number of methoxy groups -OCH3 is 1. The van der Waals surface area contributed by atoms with E-state index in [-0.39, 0.29) is 6.10 Å². The maximum absolute atomic E-state index is 9.39. The molecule has 0 rings (SSSR count). The van der Waals surface area contributed by atoms with Crippen molar-refractivity contribution < 1.29 is 24.1 Å². The van der Waals surface area contributed by atoms with Crippen molar-refractivity contribution in [3.63, 3.8) is 0 Å². The Kier molecular flexibility index (Phi) is 15.7. The van der Waals surface area contributed by atoms with Crippen molar-refractivity contribution in [2.24, 2.45) is 0 Å². The lowest BCUT2D eigenvalue weighted by Gasteiger charge is -2.09. The molecule has 1 atom stereocenters. The summed E-state index contributed by atoms with van der Waals surface area (Å²) in [6.07, 6.45) is 3.43. The molecule has 0 heterocycles. The van der Waals surface area contributed by atoms with Crippen molar-refractivity contribution in [2.45, 2.75) is 38.7 Å². The highest BCUT2D eigenvalue weighted by molar-refractivity contribution is 4.52. The number of aliphatic hydroxyl groups is 1. The lowest BCUT2D eigenvalue weighted by Crippen LogP contribution is -2.15. The van der Waals surface area contributed by atoms with E-state index >= 15 is 0 Å². The van der Waals surface area contributed by atoms with E-state index in [0.717, 1.165) is 25.9 Å². The summed E-state index contributed by atoms with van der Waals surface area (Å²) >= 11 is 0. The number of ether oxygens (including phenoxy) is 4. The maximum atomic E-state index is 9.39. The minimum atomic E-state index is -0.384. The van der Waals surface area contributed by atoms with Gasteiger partial charge in [0.2, 0.25) is 0 Å². The Morgan fingerprint density at radius 1 is 0.842 bits per heavy atom. The molecule has 0 aliphatic carbocycles. The normalized spacial score (nSPS) is 12.8. The Bertz CT molecular complexity index is 166. The number of unbranched alkanes of at least 4 members (excludes halogenated alkanes) is 1. The molecule has 0 aromatic heterocycles. The summed E-state index contributed by atoms with van der Waals surface area (Å²) in [5.41, 5.74) is 0. The summed E-state index contributed by atoms with van der Waals surface area (Å²) in [7, 11) is 1.59. The predicted molar refractivity (Wildman–Crippen MR) is 74.5 cm³/mol. The molecule has 0 aliphatic heterocycles. The van der Waals surface area contributed by atoms with Crippen LogP contribution in [0.25, 0.3) is 0 Å². The van der Waals surface area contributed by atoms with Gasteiger partial charge in [0.05, 0.1) is 39.1 Å². The van der Waals surface area contributed by atoms with E-state index < -0.39 is 0 Å². The first-order chi connectivity index (χ1) is 9.31. The minimum absolute atomic E-state index is 0.384. The SMILES string of the molecule is CCCCOCCOCCOCCCC(O)COC. The molecule has 0 amide bonds. The van der Waals surface area contributed by atoms with Crippen LogP contribution in [0.2, 0.25) is 0 Å². The Balaban J connectivity index is 2.99. The zero-order valence-corrected chi connectivity index (χ0v) is 12.4. The summed E-state index contributed by atoms with van der Waals surface area (Å²) in [6.45, 7) is 6.47. The van der Waals surface area contributed by atoms with Gasteiger partial charge in [-0.1, -0.05) is 13.3 Å². The number of rotatable bonds is 15. The Labute approximate surface area is 117 Å². The standard InChI is InChI=1S/C14H30O5/c1-3-4-7-17-9-11-19-12-10-18-8-5-6-14(15)13-16-2/h14-15H,3-13H2,1-2H3. The molecule has 5 nitrogen and oxygen atoms in total. The molecule has 116 valence electrons. The average molecular weight is 278 g/mol. The predicted octanol–water partition coefficient (Wildman–Crippen LogP) is 1.62. The molecule has 0 fully saturated rings. The molecule has 19 heavy (non-hydrogen) atoms. The molecule has 0 aromatic rings. The molecule has 0 radical (unpaired) electrons. The number of aliphatic hydroxyl groups excluding tert-OH is 1. The minimum Gasteiger partial charge on any atom is -0.391 e. The van der Waals surface area contributed by atoms with Crippen LogP contribution in [0.4, 0.5) is 0 Å². The molecule has 0 aliphatic rings. The van der Waals surface area contributed by atoms with Gasteiger partial charge in [-0.25, -0.2) is 0 Å². The summed E-state index contributed by atoms with van der Waals surface area (Å²) < 4.78 is 21.0. The molecular formula is C14H30O5. The first kappa shape index (κ1) is 18.8. The Morgan fingerprint density at radius 3 is 1.89 bits per heavy atom. The fourth-order valence-electron chi connectivity index (χ4n) is 1.49. The van der Waals surface area contributed by atoms with Gasteiger partial charge in [-0.05, 0) is 19.3 Å². The second kappa shape index (κ2) is 15.9. The molecule has 0 saturated carbocycles. The third kappa shape index (κ3) is 15.7. The van der Waals surface area contributed by atoms with Crippen LogP contribution < -0.4 is 0 Å². The van der Waals surface area contributed by atoms with E-state index in [1.54, 1.807) is 7.11 Å². The lowest BCUT2D eigenvalue weighted by molar-refractivity contribution is 0.00932. The molecule has 0 bridgehead atoms. The first-order valence-corrected chi connectivity index (χ1v) is 7.21. The molecule has 1 N–H and O–H groups in total. The number of hydrogen-bond donors (Lipinski definition) is 1. The van der Waals surface area contributed by atoms with Crippen LogP contribution in [-0.4, -0.2) is 64.6 Å². The molecule has 1 unspecified atom stereocenters. The monoisotopic (exact) mass is 278 g/mol. The summed E-state index contributed by atoms with van der Waals surface area (Å²) in [6, 6.07) is 0. The summed E-state index contributed by atoms with van der Waals surface area (Å²) in [4.78, 5) is 0. The lowest BCUT2D eigenvalue weighted by atomic mass is 10.2. The molecular weight excluding hydrogens is 248 g/mol. The van der Waals surface area contributed by atoms with Gasteiger partial charge < -0.3 is 24.1 Å². The molecule has 0 saturated heterocycles. The van der Waals surface area contributed by atoms with Gasteiger partial charge in [0, 0.05) is 20.3 Å². The molecule has 0 spiro atoms. The fourth-order valence-corrected chi connectivity index (χ4v) is 1.49. The van der Waals surface area contributed by atoms with E-state index in [4.69, 9.17) is 18.9 Å². The van der Waals surface area contributed by atoms with E-state index in [1.807, 2.05) is 0 Å². The van der Waals surface area contributed by atoms with E-state index in [0.29, 0.717) is 46.1 Å². The van der Waals surface area contributed by atoms with E-state index in [2.05, 4.69) is 6.92 Å². The van der Waals surface area contributed by atoms with Crippen molar-refractivity contribution in [1.82, 2.24) is 0 Å². The largest absolute Gasteiger partial charge is 0.391 e. The van der Waals surface area contributed by atoms with Gasteiger partial charge in [-0.3, -0.25) is 0 Å². The second-order valence-corrected chi connectivity index (χ2v) is 4.44. The first-order valence-electron chi connectivity index (χ1n) is 7.21. The van der Waals surface area contributed by atoms with Crippen LogP contribution in [0.15, 0.2) is 0 Å². The summed E-state index contributed by atoms with van der Waals surface area (Å²) in [5.74, 6) is 0. The van der Waals surface area contributed by atoms with Crippen LogP contribution in [0.5, 0.6) is 0 Å². The van der Waals surface area contributed by atoms with Gasteiger partial charge >= 0.3 is 0 Å². The van der Waals surface area contributed by atoms with Crippen LogP contribution in [-0.2, 0) is 18.9 Å². The third-order valence-electron chi connectivity index (χ3n) is 2.57. The van der Waals surface area contributed by atoms with Gasteiger partial charge in [-0.15, -0.1) is 0 Å². The van der Waals surface area contributed by atoms with Gasteiger partial charge in [0.25, 0.3) is 0 Å². The quantitative estimate of drug-likeness (QED) is 0.461. The average Bonchev–Trinajstić information content (AvgIpc) is 2.40. The van der Waals surface area contributed by atoms with E-state index in [1.165, 1.54) is 0 Å². The molecule has 5 heteroatoms. The zero-order valence-electron chi connectivity index (χ0n) is 12.4. The number of hydrogen-bond acceptors (Lipinski definition) is 5. The zero-order chi connectivity index (χ0) is 14.2. The van der Waals surface area contributed by atoms with Crippen molar-refractivity contribution in [3.05, 3.63) is 0 Å². The van der Waals surface area contributed by atoms with Crippen molar-refractivity contribution in [3.8, 4) is 0 Å². The smallest absolute Gasteiger partial charge is 0.0774 e. The van der Waals surface area contributed by atoms with Crippen molar-refractivity contribution in [1.29, 1.82) is 0 Å². The van der Waals surface area contributed by atoms with Crippen LogP contribution in [0, 0.1) is 0 Å². The maximum Gasteiger partial charge on any atom is 0.0774 e. The van der Waals surface area contributed by atoms with Crippen molar-refractivity contribution >= 4 is 0 Å². The van der Waals surface area contributed by atoms with E-state index in [9.17, 15) is 5.11 Å². The van der Waals surface area contributed by atoms with Crippen LogP contribution in [0.3, 0.4) is 0 Å².